The zero-order valence-electron chi connectivity index (χ0n) is 10.5. The molecule has 0 saturated heterocycles. The highest BCUT2D eigenvalue weighted by molar-refractivity contribution is 7.89. The summed E-state index contributed by atoms with van der Waals surface area (Å²) in [6.45, 7) is 0.227. The maximum absolute atomic E-state index is 12.4. The highest BCUT2D eigenvalue weighted by Gasteiger charge is 2.22. The van der Waals surface area contributed by atoms with E-state index in [2.05, 4.69) is 9.97 Å². The predicted molar refractivity (Wildman–Crippen MR) is 77.1 cm³/mol. The number of halogens is 2. The van der Waals surface area contributed by atoms with E-state index < -0.39 is 10.0 Å². The molecule has 0 aliphatic heterocycles. The Kier molecular flexibility index (Phi) is 4.59. The van der Waals surface area contributed by atoms with Crippen molar-refractivity contribution in [2.45, 2.75) is 11.4 Å². The number of pyridine rings is 2. The Morgan fingerprint density at radius 3 is 2.50 bits per heavy atom. The van der Waals surface area contributed by atoms with E-state index in [1.54, 1.807) is 24.5 Å². The summed E-state index contributed by atoms with van der Waals surface area (Å²) in [5.74, 6) is 0. The van der Waals surface area contributed by atoms with Crippen LogP contribution in [0.3, 0.4) is 0 Å². The van der Waals surface area contributed by atoms with Crippen LogP contribution in [0.1, 0.15) is 5.56 Å². The Balaban J connectivity index is 2.27. The molecule has 106 valence electrons. The van der Waals surface area contributed by atoms with Gasteiger partial charge in [0.2, 0.25) is 10.0 Å². The zero-order valence-corrected chi connectivity index (χ0v) is 12.8. The Morgan fingerprint density at radius 1 is 1.25 bits per heavy atom. The minimum Gasteiger partial charge on any atom is -0.265 e. The summed E-state index contributed by atoms with van der Waals surface area (Å²) in [6.07, 6.45) is 4.40. The second-order valence-electron chi connectivity index (χ2n) is 4.06. The molecular formula is C12H11Cl2N3O2S. The second-order valence-corrected chi connectivity index (χ2v) is 6.87. The van der Waals surface area contributed by atoms with Gasteiger partial charge in [-0.2, -0.15) is 4.31 Å². The molecule has 2 rings (SSSR count). The van der Waals surface area contributed by atoms with Crippen molar-refractivity contribution in [3.8, 4) is 0 Å². The van der Waals surface area contributed by atoms with Crippen LogP contribution < -0.4 is 0 Å². The number of nitrogens with zero attached hydrogens (tertiary/aromatic N) is 3. The van der Waals surface area contributed by atoms with Crippen molar-refractivity contribution in [1.29, 1.82) is 0 Å². The molecule has 0 bridgehead atoms. The normalized spacial score (nSPS) is 11.8. The lowest BCUT2D eigenvalue weighted by Crippen LogP contribution is -2.26. The Morgan fingerprint density at radius 2 is 1.90 bits per heavy atom. The van der Waals surface area contributed by atoms with Crippen molar-refractivity contribution >= 4 is 33.2 Å². The van der Waals surface area contributed by atoms with Crippen LogP contribution in [0.25, 0.3) is 0 Å². The maximum Gasteiger partial charge on any atom is 0.244 e. The first kappa shape index (κ1) is 15.2. The lowest BCUT2D eigenvalue weighted by atomic mass is 10.3. The van der Waals surface area contributed by atoms with Gasteiger partial charge in [-0.15, -0.1) is 0 Å². The van der Waals surface area contributed by atoms with Crippen molar-refractivity contribution in [2.24, 2.45) is 0 Å². The Hall–Kier alpha value is -1.21. The van der Waals surface area contributed by atoms with Crippen LogP contribution in [-0.4, -0.2) is 29.7 Å². The summed E-state index contributed by atoms with van der Waals surface area (Å²) in [7, 11) is -2.18. The van der Waals surface area contributed by atoms with E-state index in [1.807, 2.05) is 0 Å². The summed E-state index contributed by atoms with van der Waals surface area (Å²) < 4.78 is 25.9. The van der Waals surface area contributed by atoms with Crippen LogP contribution in [0.5, 0.6) is 0 Å². The number of hydrogen-bond acceptors (Lipinski definition) is 4. The lowest BCUT2D eigenvalue weighted by molar-refractivity contribution is 0.466. The van der Waals surface area contributed by atoms with E-state index in [-0.39, 0.29) is 21.6 Å². The molecule has 0 unspecified atom stereocenters. The maximum atomic E-state index is 12.4. The first-order valence-electron chi connectivity index (χ1n) is 5.57. The average Bonchev–Trinajstić information content (AvgIpc) is 2.42. The largest absolute Gasteiger partial charge is 0.265 e. The molecule has 0 fully saturated rings. The highest BCUT2D eigenvalue weighted by Crippen LogP contribution is 2.24. The predicted octanol–water partition coefficient (Wildman–Crippen LogP) is 2.60. The second kappa shape index (κ2) is 6.05. The standard InChI is InChI=1S/C12H11Cl2N3O2S/c1-17(8-9-2-4-15-5-3-9)20(18,19)10-6-11(13)12(14)16-7-10/h2-7H,8H2,1H3. The summed E-state index contributed by atoms with van der Waals surface area (Å²) in [5.41, 5.74) is 0.832. The van der Waals surface area contributed by atoms with E-state index in [0.29, 0.717) is 0 Å². The van der Waals surface area contributed by atoms with Crippen molar-refractivity contribution in [1.82, 2.24) is 14.3 Å². The zero-order chi connectivity index (χ0) is 14.8. The molecule has 0 aromatic carbocycles. The smallest absolute Gasteiger partial charge is 0.244 e. The first-order valence-corrected chi connectivity index (χ1v) is 7.77. The third-order valence-corrected chi connectivity index (χ3v) is 5.09. The fourth-order valence-electron chi connectivity index (χ4n) is 1.55. The van der Waals surface area contributed by atoms with Gasteiger partial charge >= 0.3 is 0 Å². The molecule has 0 aliphatic carbocycles. The molecule has 8 heteroatoms. The van der Waals surface area contributed by atoms with E-state index in [1.165, 1.54) is 23.6 Å². The van der Waals surface area contributed by atoms with Crippen LogP contribution in [0, 0.1) is 0 Å². The molecule has 0 aliphatic rings. The van der Waals surface area contributed by atoms with Gasteiger partial charge in [0.05, 0.1) is 5.02 Å². The highest BCUT2D eigenvalue weighted by atomic mass is 35.5. The van der Waals surface area contributed by atoms with E-state index >= 15 is 0 Å². The molecule has 0 N–H and O–H groups in total. The third-order valence-electron chi connectivity index (χ3n) is 2.63. The van der Waals surface area contributed by atoms with Crippen LogP contribution in [0.2, 0.25) is 10.2 Å². The fourth-order valence-corrected chi connectivity index (χ4v) is 3.02. The number of rotatable bonds is 4. The van der Waals surface area contributed by atoms with Gasteiger partial charge in [0.15, 0.2) is 0 Å². The molecule has 5 nitrogen and oxygen atoms in total. The molecule has 0 amide bonds. The van der Waals surface area contributed by atoms with Crippen molar-refractivity contribution in [3.63, 3.8) is 0 Å². The van der Waals surface area contributed by atoms with Gasteiger partial charge in [0, 0.05) is 32.2 Å². The quantitative estimate of drug-likeness (QED) is 0.808. The molecule has 0 spiro atoms. The molecule has 2 aromatic rings. The molecule has 2 aromatic heterocycles. The first-order chi connectivity index (χ1) is 9.41. The molecule has 0 radical (unpaired) electrons. The molecule has 20 heavy (non-hydrogen) atoms. The molecular weight excluding hydrogens is 321 g/mol. The van der Waals surface area contributed by atoms with Gasteiger partial charge in [-0.05, 0) is 23.8 Å². The summed E-state index contributed by atoms with van der Waals surface area (Å²) in [4.78, 5) is 7.64. The molecule has 2 heterocycles. The van der Waals surface area contributed by atoms with E-state index in [4.69, 9.17) is 23.2 Å². The van der Waals surface area contributed by atoms with Crippen LogP contribution in [-0.2, 0) is 16.6 Å². The third kappa shape index (κ3) is 3.27. The van der Waals surface area contributed by atoms with Crippen molar-refractivity contribution < 1.29 is 8.42 Å². The number of hydrogen-bond donors (Lipinski definition) is 0. The SMILES string of the molecule is CN(Cc1ccncc1)S(=O)(=O)c1cnc(Cl)c(Cl)c1. The van der Waals surface area contributed by atoms with Gasteiger partial charge in [0.25, 0.3) is 0 Å². The van der Waals surface area contributed by atoms with Gasteiger partial charge in [0.1, 0.15) is 10.0 Å². The van der Waals surface area contributed by atoms with Crippen LogP contribution >= 0.6 is 23.2 Å². The number of sulfonamides is 1. The van der Waals surface area contributed by atoms with Gasteiger partial charge in [-0.3, -0.25) is 4.98 Å². The van der Waals surface area contributed by atoms with E-state index in [0.717, 1.165) is 5.56 Å². The molecule has 0 saturated carbocycles. The number of aromatic nitrogens is 2. The topological polar surface area (TPSA) is 63.2 Å². The summed E-state index contributed by atoms with van der Waals surface area (Å²) >= 11 is 11.5. The van der Waals surface area contributed by atoms with Crippen molar-refractivity contribution in [2.75, 3.05) is 7.05 Å². The lowest BCUT2D eigenvalue weighted by Gasteiger charge is -2.17. The average molecular weight is 332 g/mol. The molecule has 0 atom stereocenters. The van der Waals surface area contributed by atoms with Crippen LogP contribution in [0.15, 0.2) is 41.7 Å². The van der Waals surface area contributed by atoms with Crippen molar-refractivity contribution in [3.05, 3.63) is 52.5 Å². The van der Waals surface area contributed by atoms with Gasteiger partial charge in [-0.25, -0.2) is 13.4 Å². The Labute approximate surface area is 127 Å². The summed E-state index contributed by atoms with van der Waals surface area (Å²) in [5, 5.41) is 0.174. The minimum atomic E-state index is -3.67. The fraction of sp³-hybridized carbons (Fsp3) is 0.167. The Bertz CT molecular complexity index is 708. The van der Waals surface area contributed by atoms with Crippen LogP contribution in [0.4, 0.5) is 0 Å². The summed E-state index contributed by atoms with van der Waals surface area (Å²) in [6, 6.07) is 4.79. The van der Waals surface area contributed by atoms with Gasteiger partial charge in [-0.1, -0.05) is 23.2 Å². The van der Waals surface area contributed by atoms with E-state index in [9.17, 15) is 8.42 Å². The van der Waals surface area contributed by atoms with Gasteiger partial charge < -0.3 is 0 Å². The monoisotopic (exact) mass is 331 g/mol. The minimum absolute atomic E-state index is 0.00320.